The molecule has 0 radical (unpaired) electrons. The Balaban J connectivity index is 1.47. The first-order valence-corrected chi connectivity index (χ1v) is 8.84. The Bertz CT molecular complexity index is 592. The van der Waals surface area contributed by atoms with Gasteiger partial charge in [-0.3, -0.25) is 19.2 Å². The van der Waals surface area contributed by atoms with Crippen molar-refractivity contribution in [2.24, 2.45) is 11.7 Å². The number of primary amides is 1. The molecule has 0 bridgehead atoms. The lowest BCUT2D eigenvalue weighted by atomic mass is 9.97. The minimum Gasteiger partial charge on any atom is -0.369 e. The fraction of sp³-hybridized carbons (Fsp3) is 0.706. The molecule has 2 aliphatic rings. The highest BCUT2D eigenvalue weighted by Crippen LogP contribution is 2.22. The standard InChI is InChI=1S/C17H27N5O2/c1-13-4-10-22(19-13)15-5-8-20(9-6-15)12-16(23)21-7-2-3-14(11-21)17(18)24/h4,10,14-15H,2-3,5-9,11-12H2,1H3,(H2,18,24). The van der Waals surface area contributed by atoms with Crippen LogP contribution in [0.5, 0.6) is 0 Å². The van der Waals surface area contributed by atoms with Crippen LogP contribution in [0.25, 0.3) is 0 Å². The lowest BCUT2D eigenvalue weighted by molar-refractivity contribution is -0.136. The Morgan fingerprint density at radius 3 is 2.62 bits per heavy atom. The van der Waals surface area contributed by atoms with Crippen LogP contribution in [0.15, 0.2) is 12.3 Å². The molecule has 0 aromatic carbocycles. The summed E-state index contributed by atoms with van der Waals surface area (Å²) in [5.74, 6) is -0.353. The Hall–Kier alpha value is -1.89. The lowest BCUT2D eigenvalue weighted by Crippen LogP contribution is -2.48. The van der Waals surface area contributed by atoms with E-state index in [1.165, 1.54) is 0 Å². The van der Waals surface area contributed by atoms with E-state index >= 15 is 0 Å². The molecule has 0 saturated carbocycles. The molecule has 2 aliphatic heterocycles. The molecule has 1 unspecified atom stereocenters. The van der Waals surface area contributed by atoms with Crippen molar-refractivity contribution < 1.29 is 9.59 Å². The van der Waals surface area contributed by atoms with E-state index in [1.807, 2.05) is 24.1 Å². The molecule has 3 rings (SSSR count). The number of piperidine rings is 2. The number of aryl methyl sites for hydroxylation is 1. The van der Waals surface area contributed by atoms with Crippen molar-refractivity contribution in [1.82, 2.24) is 19.6 Å². The van der Waals surface area contributed by atoms with E-state index in [1.54, 1.807) is 0 Å². The van der Waals surface area contributed by atoms with Crippen LogP contribution >= 0.6 is 0 Å². The zero-order valence-electron chi connectivity index (χ0n) is 14.4. The van der Waals surface area contributed by atoms with Crippen molar-refractivity contribution in [2.45, 2.75) is 38.6 Å². The summed E-state index contributed by atoms with van der Waals surface area (Å²) in [7, 11) is 0. The summed E-state index contributed by atoms with van der Waals surface area (Å²) in [5, 5.41) is 4.50. The zero-order valence-corrected chi connectivity index (χ0v) is 14.4. The lowest BCUT2D eigenvalue weighted by Gasteiger charge is -2.35. The monoisotopic (exact) mass is 333 g/mol. The number of nitrogens with two attached hydrogens (primary N) is 1. The molecular formula is C17H27N5O2. The van der Waals surface area contributed by atoms with Gasteiger partial charge in [-0.15, -0.1) is 0 Å². The summed E-state index contributed by atoms with van der Waals surface area (Å²) >= 11 is 0. The van der Waals surface area contributed by atoms with Crippen LogP contribution in [0.4, 0.5) is 0 Å². The molecule has 3 heterocycles. The van der Waals surface area contributed by atoms with Gasteiger partial charge in [0.1, 0.15) is 0 Å². The van der Waals surface area contributed by atoms with Gasteiger partial charge >= 0.3 is 0 Å². The number of likely N-dealkylation sites (tertiary alicyclic amines) is 2. The van der Waals surface area contributed by atoms with Gasteiger partial charge in [-0.05, 0) is 38.7 Å². The van der Waals surface area contributed by atoms with E-state index in [9.17, 15) is 9.59 Å². The summed E-state index contributed by atoms with van der Waals surface area (Å²) in [6.45, 7) is 5.48. The normalized spacial score (nSPS) is 23.4. The van der Waals surface area contributed by atoms with E-state index in [-0.39, 0.29) is 17.7 Å². The summed E-state index contributed by atoms with van der Waals surface area (Å²) < 4.78 is 2.05. The van der Waals surface area contributed by atoms with E-state index < -0.39 is 0 Å². The van der Waals surface area contributed by atoms with Crippen molar-refractivity contribution >= 4 is 11.8 Å². The minimum absolute atomic E-state index is 0.120. The quantitative estimate of drug-likeness (QED) is 0.872. The molecular weight excluding hydrogens is 306 g/mol. The second kappa shape index (κ2) is 7.34. The molecule has 7 heteroatoms. The Labute approximate surface area is 142 Å². The first-order chi connectivity index (χ1) is 11.5. The van der Waals surface area contributed by atoms with E-state index in [0.717, 1.165) is 51.0 Å². The Kier molecular flexibility index (Phi) is 5.18. The Morgan fingerprint density at radius 2 is 2.00 bits per heavy atom. The predicted molar refractivity (Wildman–Crippen MR) is 90.2 cm³/mol. The predicted octanol–water partition coefficient (Wildman–Crippen LogP) is 0.552. The molecule has 1 atom stereocenters. The van der Waals surface area contributed by atoms with Crippen LogP contribution in [0, 0.1) is 12.8 Å². The molecule has 132 valence electrons. The maximum absolute atomic E-state index is 12.5. The van der Waals surface area contributed by atoms with Gasteiger partial charge in [0, 0.05) is 32.4 Å². The largest absolute Gasteiger partial charge is 0.369 e. The van der Waals surface area contributed by atoms with Crippen molar-refractivity contribution in [3.8, 4) is 0 Å². The third-order valence-corrected chi connectivity index (χ3v) is 5.21. The van der Waals surface area contributed by atoms with E-state index in [0.29, 0.717) is 19.1 Å². The first-order valence-electron chi connectivity index (χ1n) is 8.84. The molecule has 1 aromatic heterocycles. The van der Waals surface area contributed by atoms with Crippen molar-refractivity contribution in [3.05, 3.63) is 18.0 Å². The third kappa shape index (κ3) is 3.95. The number of amides is 2. The molecule has 2 fully saturated rings. The average Bonchev–Trinajstić information content (AvgIpc) is 3.02. The zero-order chi connectivity index (χ0) is 17.1. The number of nitrogens with zero attached hydrogens (tertiary/aromatic N) is 4. The molecule has 0 spiro atoms. The molecule has 7 nitrogen and oxygen atoms in total. The number of aromatic nitrogens is 2. The maximum atomic E-state index is 12.5. The van der Waals surface area contributed by atoms with Gasteiger partial charge in [-0.1, -0.05) is 0 Å². The fourth-order valence-electron chi connectivity index (χ4n) is 3.71. The summed E-state index contributed by atoms with van der Waals surface area (Å²) in [4.78, 5) is 27.9. The second-order valence-electron chi connectivity index (χ2n) is 7.03. The van der Waals surface area contributed by atoms with Crippen molar-refractivity contribution in [2.75, 3.05) is 32.7 Å². The maximum Gasteiger partial charge on any atom is 0.236 e. The minimum atomic E-state index is -0.289. The van der Waals surface area contributed by atoms with Gasteiger partial charge in [-0.25, -0.2) is 0 Å². The summed E-state index contributed by atoms with van der Waals surface area (Å²) in [6.07, 6.45) is 5.73. The fourth-order valence-corrected chi connectivity index (χ4v) is 3.71. The molecule has 24 heavy (non-hydrogen) atoms. The molecule has 1 aromatic rings. The van der Waals surface area contributed by atoms with Gasteiger partial charge in [-0.2, -0.15) is 5.10 Å². The van der Waals surface area contributed by atoms with Gasteiger partial charge in [0.05, 0.1) is 24.2 Å². The summed E-state index contributed by atoms with van der Waals surface area (Å²) in [6, 6.07) is 2.46. The van der Waals surface area contributed by atoms with Crippen molar-refractivity contribution in [3.63, 3.8) is 0 Å². The van der Waals surface area contributed by atoms with Gasteiger partial charge in [0.2, 0.25) is 11.8 Å². The summed E-state index contributed by atoms with van der Waals surface area (Å²) in [5.41, 5.74) is 6.43. The molecule has 2 amide bonds. The highest BCUT2D eigenvalue weighted by atomic mass is 16.2. The highest BCUT2D eigenvalue weighted by Gasteiger charge is 2.29. The SMILES string of the molecule is Cc1ccn(C2CCN(CC(=O)N3CCCC(C(N)=O)C3)CC2)n1. The average molecular weight is 333 g/mol. The van der Waals surface area contributed by atoms with Crippen LogP contribution in [0.1, 0.15) is 37.4 Å². The van der Waals surface area contributed by atoms with Crippen molar-refractivity contribution in [1.29, 1.82) is 0 Å². The second-order valence-corrected chi connectivity index (χ2v) is 7.03. The van der Waals surface area contributed by atoms with Gasteiger partial charge in [0.15, 0.2) is 0 Å². The van der Waals surface area contributed by atoms with Crippen LogP contribution in [-0.2, 0) is 9.59 Å². The molecule has 0 aliphatic carbocycles. The van der Waals surface area contributed by atoms with Crippen LogP contribution in [0.2, 0.25) is 0 Å². The first kappa shape index (κ1) is 17.0. The third-order valence-electron chi connectivity index (χ3n) is 5.21. The van der Waals surface area contributed by atoms with Gasteiger partial charge < -0.3 is 10.6 Å². The number of rotatable bonds is 4. The number of hydrogen-bond donors (Lipinski definition) is 1. The smallest absolute Gasteiger partial charge is 0.236 e. The van der Waals surface area contributed by atoms with Crippen LogP contribution in [-0.4, -0.2) is 64.1 Å². The van der Waals surface area contributed by atoms with E-state index in [4.69, 9.17) is 5.73 Å². The molecule has 2 N–H and O–H groups in total. The Morgan fingerprint density at radius 1 is 1.25 bits per heavy atom. The molecule has 2 saturated heterocycles. The van der Waals surface area contributed by atoms with E-state index in [2.05, 4.69) is 14.7 Å². The van der Waals surface area contributed by atoms with Crippen LogP contribution < -0.4 is 5.73 Å². The highest BCUT2D eigenvalue weighted by molar-refractivity contribution is 5.81. The topological polar surface area (TPSA) is 84.5 Å². The number of carbonyl (C=O) groups is 2. The van der Waals surface area contributed by atoms with Gasteiger partial charge in [0.25, 0.3) is 0 Å². The number of hydrogen-bond acceptors (Lipinski definition) is 4. The van der Waals surface area contributed by atoms with Crippen LogP contribution in [0.3, 0.4) is 0 Å². The number of carbonyl (C=O) groups excluding carboxylic acids is 2.